The summed E-state index contributed by atoms with van der Waals surface area (Å²) >= 11 is 0. The second-order valence-electron chi connectivity index (χ2n) is 5.85. The smallest absolute Gasteiger partial charge is 0.317 e. The Hall–Kier alpha value is -2.06. The number of nitro benzene ring substituents is 1. The maximum Gasteiger partial charge on any atom is 0.317 e. The third-order valence-corrected chi connectivity index (χ3v) is 4.20. The third-order valence-electron chi connectivity index (χ3n) is 4.20. The summed E-state index contributed by atoms with van der Waals surface area (Å²) in [6.45, 7) is 1.72. The van der Waals surface area contributed by atoms with Gasteiger partial charge in [0.2, 0.25) is 0 Å². The third kappa shape index (κ3) is 4.70. The van der Waals surface area contributed by atoms with Gasteiger partial charge in [-0.1, -0.05) is 0 Å². The lowest BCUT2D eigenvalue weighted by atomic mass is 10.0. The Morgan fingerprint density at radius 3 is 2.70 bits per heavy atom. The summed E-state index contributed by atoms with van der Waals surface area (Å²) in [7, 11) is 1.78. The monoisotopic (exact) mass is 325 g/mol. The molecule has 0 aromatic heterocycles. The number of benzene rings is 1. The Kier molecular flexibility index (Phi) is 5.62. The number of carboxylic acid groups (broad SMARTS) is 1. The Morgan fingerprint density at radius 1 is 1.48 bits per heavy atom. The molecule has 1 aliphatic heterocycles. The van der Waals surface area contributed by atoms with E-state index in [9.17, 15) is 19.3 Å². The number of halogens is 1. The molecule has 0 saturated carbocycles. The van der Waals surface area contributed by atoms with Crippen LogP contribution in [-0.4, -0.2) is 58.5 Å². The summed E-state index contributed by atoms with van der Waals surface area (Å²) in [6, 6.07) is 3.68. The molecule has 0 amide bonds. The Labute approximate surface area is 133 Å². The standard InChI is InChI=1S/C15H20FN3O4/c1-17(10-15(20)21)13-4-6-18(7-5-13)9-11-8-12(16)2-3-14(11)19(22)23/h2-3,8,13H,4-7,9-10H2,1H3,(H,20,21). The van der Waals surface area contributed by atoms with Gasteiger partial charge < -0.3 is 5.11 Å². The molecule has 23 heavy (non-hydrogen) atoms. The Morgan fingerprint density at radius 2 is 2.13 bits per heavy atom. The number of hydrogen-bond acceptors (Lipinski definition) is 5. The van der Waals surface area contributed by atoms with Crippen molar-refractivity contribution in [2.75, 3.05) is 26.7 Å². The fourth-order valence-electron chi connectivity index (χ4n) is 2.96. The molecule has 0 bridgehead atoms. The minimum Gasteiger partial charge on any atom is -0.480 e. The molecule has 8 heteroatoms. The minimum atomic E-state index is -0.856. The lowest BCUT2D eigenvalue weighted by Gasteiger charge is -2.36. The second-order valence-corrected chi connectivity index (χ2v) is 5.85. The number of carbonyl (C=O) groups is 1. The summed E-state index contributed by atoms with van der Waals surface area (Å²) < 4.78 is 13.4. The Bertz CT molecular complexity index is 588. The van der Waals surface area contributed by atoms with Gasteiger partial charge in [-0.25, -0.2) is 4.39 Å². The van der Waals surface area contributed by atoms with Crippen LogP contribution in [0.25, 0.3) is 0 Å². The van der Waals surface area contributed by atoms with Crippen LogP contribution in [0.3, 0.4) is 0 Å². The zero-order valence-electron chi connectivity index (χ0n) is 12.9. The van der Waals surface area contributed by atoms with E-state index >= 15 is 0 Å². The van der Waals surface area contributed by atoms with Crippen LogP contribution in [0.5, 0.6) is 0 Å². The highest BCUT2D eigenvalue weighted by Gasteiger charge is 2.25. The SMILES string of the molecule is CN(CC(=O)O)C1CCN(Cc2cc(F)ccc2[N+](=O)[O-])CC1. The maximum absolute atomic E-state index is 13.4. The van der Waals surface area contributed by atoms with Gasteiger partial charge in [0.05, 0.1) is 11.5 Å². The first-order valence-corrected chi connectivity index (χ1v) is 7.44. The van der Waals surface area contributed by atoms with Gasteiger partial charge in [0.15, 0.2) is 0 Å². The zero-order chi connectivity index (χ0) is 17.0. The van der Waals surface area contributed by atoms with Crippen molar-refractivity contribution in [3.63, 3.8) is 0 Å². The number of hydrogen-bond donors (Lipinski definition) is 1. The Balaban J connectivity index is 1.95. The van der Waals surface area contributed by atoms with E-state index in [1.165, 1.54) is 12.1 Å². The van der Waals surface area contributed by atoms with Crippen molar-refractivity contribution in [2.45, 2.75) is 25.4 Å². The number of nitro groups is 1. The highest BCUT2D eigenvalue weighted by molar-refractivity contribution is 5.69. The second kappa shape index (κ2) is 7.47. The van der Waals surface area contributed by atoms with E-state index in [1.807, 2.05) is 9.80 Å². The van der Waals surface area contributed by atoms with E-state index < -0.39 is 16.7 Å². The van der Waals surface area contributed by atoms with Crippen LogP contribution in [-0.2, 0) is 11.3 Å². The number of carboxylic acids is 1. The van der Waals surface area contributed by atoms with Crippen molar-refractivity contribution >= 4 is 11.7 Å². The first-order chi connectivity index (χ1) is 10.9. The van der Waals surface area contributed by atoms with E-state index in [2.05, 4.69) is 0 Å². The molecule has 0 radical (unpaired) electrons. The van der Waals surface area contributed by atoms with Crippen molar-refractivity contribution in [3.05, 3.63) is 39.7 Å². The molecule has 1 fully saturated rings. The number of nitrogens with zero attached hydrogens (tertiary/aromatic N) is 3. The molecule has 0 unspecified atom stereocenters. The number of rotatable bonds is 6. The molecular formula is C15H20FN3O4. The van der Waals surface area contributed by atoms with Crippen LogP contribution in [0.15, 0.2) is 18.2 Å². The predicted molar refractivity (Wildman–Crippen MR) is 81.6 cm³/mol. The number of aliphatic carboxylic acids is 1. The van der Waals surface area contributed by atoms with E-state index in [-0.39, 0.29) is 18.3 Å². The van der Waals surface area contributed by atoms with Crippen LogP contribution in [0.4, 0.5) is 10.1 Å². The van der Waals surface area contributed by atoms with Crippen molar-refractivity contribution in [2.24, 2.45) is 0 Å². The van der Waals surface area contributed by atoms with E-state index in [0.29, 0.717) is 25.2 Å². The predicted octanol–water partition coefficient (Wildman–Crippen LogP) is 1.71. The molecule has 1 heterocycles. The van der Waals surface area contributed by atoms with Gasteiger partial charge >= 0.3 is 5.97 Å². The van der Waals surface area contributed by atoms with E-state index in [0.717, 1.165) is 18.9 Å². The van der Waals surface area contributed by atoms with Gasteiger partial charge in [0.25, 0.3) is 5.69 Å². The zero-order valence-corrected chi connectivity index (χ0v) is 12.9. The highest BCUT2D eigenvalue weighted by Crippen LogP contribution is 2.23. The lowest BCUT2D eigenvalue weighted by molar-refractivity contribution is -0.385. The molecule has 7 nitrogen and oxygen atoms in total. The molecule has 0 aliphatic carbocycles. The van der Waals surface area contributed by atoms with Crippen LogP contribution in [0.2, 0.25) is 0 Å². The van der Waals surface area contributed by atoms with Gasteiger partial charge in [-0.05, 0) is 45.1 Å². The average Bonchev–Trinajstić information content (AvgIpc) is 2.47. The molecule has 1 saturated heterocycles. The maximum atomic E-state index is 13.4. The molecule has 126 valence electrons. The first kappa shape index (κ1) is 17.3. The summed E-state index contributed by atoms with van der Waals surface area (Å²) in [4.78, 5) is 25.1. The molecular weight excluding hydrogens is 305 g/mol. The van der Waals surface area contributed by atoms with Crippen molar-refractivity contribution in [3.8, 4) is 0 Å². The van der Waals surface area contributed by atoms with Crippen LogP contribution in [0.1, 0.15) is 18.4 Å². The molecule has 1 aromatic carbocycles. The number of piperidine rings is 1. The van der Waals surface area contributed by atoms with Gasteiger partial charge in [-0.2, -0.15) is 0 Å². The summed E-state index contributed by atoms with van der Waals surface area (Å²) in [5.41, 5.74) is 0.295. The van der Waals surface area contributed by atoms with E-state index in [1.54, 1.807) is 7.05 Å². The normalized spacial score (nSPS) is 16.7. The fraction of sp³-hybridized carbons (Fsp3) is 0.533. The van der Waals surface area contributed by atoms with Crippen molar-refractivity contribution < 1.29 is 19.2 Å². The summed E-state index contributed by atoms with van der Waals surface area (Å²) in [6.07, 6.45) is 1.57. The molecule has 0 atom stereocenters. The minimum absolute atomic E-state index is 0.0000347. The average molecular weight is 325 g/mol. The molecule has 1 aromatic rings. The van der Waals surface area contributed by atoms with Crippen LogP contribution in [0, 0.1) is 15.9 Å². The van der Waals surface area contributed by atoms with Crippen molar-refractivity contribution in [1.29, 1.82) is 0 Å². The van der Waals surface area contributed by atoms with Gasteiger partial charge in [0.1, 0.15) is 5.82 Å². The fourth-order valence-corrected chi connectivity index (χ4v) is 2.96. The molecule has 0 spiro atoms. The first-order valence-electron chi connectivity index (χ1n) is 7.44. The molecule has 1 aliphatic rings. The molecule has 1 N–H and O–H groups in total. The van der Waals surface area contributed by atoms with Gasteiger partial charge in [-0.3, -0.25) is 24.7 Å². The number of likely N-dealkylation sites (N-methyl/N-ethyl adjacent to an activating group) is 1. The van der Waals surface area contributed by atoms with Gasteiger partial charge in [0, 0.05) is 24.2 Å². The lowest BCUT2D eigenvalue weighted by Crippen LogP contribution is -2.44. The van der Waals surface area contributed by atoms with Crippen LogP contribution >= 0.6 is 0 Å². The van der Waals surface area contributed by atoms with E-state index in [4.69, 9.17) is 5.11 Å². The highest BCUT2D eigenvalue weighted by atomic mass is 19.1. The summed E-state index contributed by atoms with van der Waals surface area (Å²) in [5.74, 6) is -1.34. The van der Waals surface area contributed by atoms with Gasteiger partial charge in [-0.15, -0.1) is 0 Å². The molecule has 2 rings (SSSR count). The topological polar surface area (TPSA) is 86.9 Å². The quantitative estimate of drug-likeness (QED) is 0.633. The number of likely N-dealkylation sites (tertiary alicyclic amines) is 1. The summed E-state index contributed by atoms with van der Waals surface area (Å²) in [5, 5.41) is 19.8. The van der Waals surface area contributed by atoms with Crippen molar-refractivity contribution in [1.82, 2.24) is 9.80 Å². The van der Waals surface area contributed by atoms with Crippen LogP contribution < -0.4 is 0 Å². The largest absolute Gasteiger partial charge is 0.480 e.